The number of anilines is 1. The zero-order chi connectivity index (χ0) is 13.6. The molecular weight excluding hydrogens is 230 g/mol. The predicted octanol–water partition coefficient (Wildman–Crippen LogP) is 1.55. The van der Waals surface area contributed by atoms with E-state index in [1.54, 1.807) is 14.0 Å². The van der Waals surface area contributed by atoms with Crippen LogP contribution in [-0.2, 0) is 11.2 Å². The highest BCUT2D eigenvalue weighted by atomic mass is 16.5. The van der Waals surface area contributed by atoms with E-state index in [2.05, 4.69) is 15.3 Å². The van der Waals surface area contributed by atoms with E-state index in [1.165, 1.54) is 0 Å². The maximum Gasteiger partial charge on any atom is 0.130 e. The van der Waals surface area contributed by atoms with Gasteiger partial charge in [0.05, 0.1) is 5.60 Å². The molecule has 5 nitrogen and oxygen atoms in total. The Labute approximate surface area is 109 Å². The highest BCUT2D eigenvalue weighted by Crippen LogP contribution is 2.12. The Bertz CT molecular complexity index is 380. The fraction of sp³-hybridized carbons (Fsp3) is 0.692. The van der Waals surface area contributed by atoms with Gasteiger partial charge in [0.2, 0.25) is 0 Å². The number of nitrogens with one attached hydrogen (secondary N) is 1. The van der Waals surface area contributed by atoms with Gasteiger partial charge in [0.15, 0.2) is 0 Å². The van der Waals surface area contributed by atoms with Crippen molar-refractivity contribution in [3.05, 3.63) is 17.6 Å². The fourth-order valence-corrected chi connectivity index (χ4v) is 1.57. The molecule has 1 aromatic rings. The Morgan fingerprint density at radius 1 is 1.44 bits per heavy atom. The smallest absolute Gasteiger partial charge is 0.130 e. The SMILES string of the molecule is CCc1nc(C)cc(NCC(C)(O)CCOC)n1. The highest BCUT2D eigenvalue weighted by molar-refractivity contribution is 5.36. The van der Waals surface area contributed by atoms with Gasteiger partial charge in [0.25, 0.3) is 0 Å². The molecule has 0 amide bonds. The van der Waals surface area contributed by atoms with Crippen LogP contribution < -0.4 is 5.32 Å². The minimum atomic E-state index is -0.804. The van der Waals surface area contributed by atoms with Crippen molar-refractivity contribution in [2.24, 2.45) is 0 Å². The first-order valence-corrected chi connectivity index (χ1v) is 6.26. The van der Waals surface area contributed by atoms with E-state index >= 15 is 0 Å². The quantitative estimate of drug-likeness (QED) is 0.771. The highest BCUT2D eigenvalue weighted by Gasteiger charge is 2.19. The minimum absolute atomic E-state index is 0.440. The Morgan fingerprint density at radius 2 is 2.17 bits per heavy atom. The molecule has 0 bridgehead atoms. The molecule has 18 heavy (non-hydrogen) atoms. The summed E-state index contributed by atoms with van der Waals surface area (Å²) in [5.74, 6) is 1.58. The van der Waals surface area contributed by atoms with E-state index < -0.39 is 5.60 Å². The van der Waals surface area contributed by atoms with Crippen molar-refractivity contribution in [2.75, 3.05) is 25.6 Å². The average Bonchev–Trinajstić information content (AvgIpc) is 2.33. The summed E-state index contributed by atoms with van der Waals surface area (Å²) in [6, 6.07) is 1.88. The standard InChI is InChI=1S/C13H23N3O2/c1-5-11-15-10(2)8-12(16-11)14-9-13(3,17)6-7-18-4/h8,17H,5-7,9H2,1-4H3,(H,14,15,16). The molecule has 1 heterocycles. The van der Waals surface area contributed by atoms with E-state index in [1.807, 2.05) is 19.9 Å². The van der Waals surface area contributed by atoms with Crippen molar-refractivity contribution in [3.63, 3.8) is 0 Å². The summed E-state index contributed by atoms with van der Waals surface area (Å²) in [4.78, 5) is 8.68. The van der Waals surface area contributed by atoms with Crippen LogP contribution in [0.3, 0.4) is 0 Å². The molecule has 2 N–H and O–H groups in total. The molecule has 0 saturated heterocycles. The lowest BCUT2D eigenvalue weighted by molar-refractivity contribution is 0.0357. The van der Waals surface area contributed by atoms with Crippen molar-refractivity contribution in [3.8, 4) is 0 Å². The van der Waals surface area contributed by atoms with Gasteiger partial charge >= 0.3 is 0 Å². The first-order valence-electron chi connectivity index (χ1n) is 6.26. The van der Waals surface area contributed by atoms with Crippen molar-refractivity contribution in [2.45, 2.75) is 39.2 Å². The molecular formula is C13H23N3O2. The second-order valence-corrected chi connectivity index (χ2v) is 4.76. The molecule has 0 aromatic carbocycles. The van der Waals surface area contributed by atoms with Crippen LogP contribution in [-0.4, -0.2) is 40.9 Å². The Kier molecular flexibility index (Phi) is 5.50. The van der Waals surface area contributed by atoms with Crippen molar-refractivity contribution in [1.82, 2.24) is 9.97 Å². The predicted molar refractivity (Wildman–Crippen MR) is 71.8 cm³/mol. The van der Waals surface area contributed by atoms with Gasteiger partial charge in [0.1, 0.15) is 11.6 Å². The third-order valence-corrected chi connectivity index (χ3v) is 2.71. The van der Waals surface area contributed by atoms with E-state index in [9.17, 15) is 5.11 Å². The van der Waals surface area contributed by atoms with Gasteiger partial charge in [-0.05, 0) is 13.8 Å². The summed E-state index contributed by atoms with van der Waals surface area (Å²) in [5.41, 5.74) is 0.127. The lowest BCUT2D eigenvalue weighted by Gasteiger charge is -2.23. The molecule has 0 fully saturated rings. The molecule has 1 aromatic heterocycles. The lowest BCUT2D eigenvalue weighted by atomic mass is 10.0. The molecule has 102 valence electrons. The number of aryl methyl sites for hydroxylation is 2. The van der Waals surface area contributed by atoms with Gasteiger partial charge in [-0.3, -0.25) is 0 Å². The molecule has 5 heteroatoms. The zero-order valence-corrected chi connectivity index (χ0v) is 11.7. The van der Waals surface area contributed by atoms with Gasteiger partial charge in [-0.25, -0.2) is 9.97 Å². The monoisotopic (exact) mass is 253 g/mol. The summed E-state index contributed by atoms with van der Waals surface area (Å²) >= 11 is 0. The van der Waals surface area contributed by atoms with Gasteiger partial charge in [-0.2, -0.15) is 0 Å². The third-order valence-electron chi connectivity index (χ3n) is 2.71. The first-order chi connectivity index (χ1) is 8.46. The topological polar surface area (TPSA) is 67.3 Å². The van der Waals surface area contributed by atoms with Crippen LogP contribution in [0.5, 0.6) is 0 Å². The second kappa shape index (κ2) is 6.66. The average molecular weight is 253 g/mol. The molecule has 0 aliphatic heterocycles. The van der Waals surface area contributed by atoms with E-state index in [4.69, 9.17) is 4.74 Å². The maximum atomic E-state index is 10.1. The summed E-state index contributed by atoms with van der Waals surface area (Å²) < 4.78 is 4.97. The second-order valence-electron chi connectivity index (χ2n) is 4.76. The minimum Gasteiger partial charge on any atom is -0.388 e. The van der Waals surface area contributed by atoms with Crippen molar-refractivity contribution in [1.29, 1.82) is 0 Å². The number of methoxy groups -OCH3 is 1. The molecule has 0 spiro atoms. The number of nitrogens with zero attached hydrogens (tertiary/aromatic N) is 2. The van der Waals surface area contributed by atoms with Crippen LogP contribution in [0.1, 0.15) is 31.8 Å². The van der Waals surface area contributed by atoms with Crippen molar-refractivity contribution >= 4 is 5.82 Å². The van der Waals surface area contributed by atoms with Crippen LogP contribution >= 0.6 is 0 Å². The Morgan fingerprint density at radius 3 is 2.78 bits per heavy atom. The number of hydrogen-bond donors (Lipinski definition) is 2. The third kappa shape index (κ3) is 4.98. The molecule has 1 atom stereocenters. The number of aromatic nitrogens is 2. The molecule has 1 rings (SSSR count). The molecule has 0 saturated carbocycles. The van der Waals surface area contributed by atoms with Crippen molar-refractivity contribution < 1.29 is 9.84 Å². The number of rotatable bonds is 7. The number of aliphatic hydroxyl groups is 1. The zero-order valence-electron chi connectivity index (χ0n) is 11.7. The van der Waals surface area contributed by atoms with Crippen LogP contribution in [0, 0.1) is 6.92 Å². The fourth-order valence-electron chi connectivity index (χ4n) is 1.57. The van der Waals surface area contributed by atoms with Crippen LogP contribution in [0.2, 0.25) is 0 Å². The van der Waals surface area contributed by atoms with Gasteiger partial charge in [-0.1, -0.05) is 6.92 Å². The summed E-state index contributed by atoms with van der Waals surface area (Å²) in [7, 11) is 1.63. The van der Waals surface area contributed by atoms with Crippen LogP contribution in [0.15, 0.2) is 6.07 Å². The summed E-state index contributed by atoms with van der Waals surface area (Å²) in [6.45, 7) is 6.73. The normalized spacial score (nSPS) is 14.3. The number of ether oxygens (including phenoxy) is 1. The van der Waals surface area contributed by atoms with Crippen LogP contribution in [0.25, 0.3) is 0 Å². The molecule has 1 unspecified atom stereocenters. The van der Waals surface area contributed by atoms with Gasteiger partial charge in [-0.15, -0.1) is 0 Å². The largest absolute Gasteiger partial charge is 0.388 e. The summed E-state index contributed by atoms with van der Waals surface area (Å²) in [5, 5.41) is 13.3. The molecule has 0 aliphatic rings. The van der Waals surface area contributed by atoms with E-state index in [0.717, 1.165) is 23.8 Å². The molecule has 0 aliphatic carbocycles. The maximum absolute atomic E-state index is 10.1. The van der Waals surface area contributed by atoms with Gasteiger partial charge < -0.3 is 15.2 Å². The first kappa shape index (κ1) is 14.9. The lowest BCUT2D eigenvalue weighted by Crippen LogP contribution is -2.35. The number of hydrogen-bond acceptors (Lipinski definition) is 5. The Balaban J connectivity index is 2.59. The van der Waals surface area contributed by atoms with Gasteiger partial charge in [0, 0.05) is 44.9 Å². The summed E-state index contributed by atoms with van der Waals surface area (Å²) in [6.07, 6.45) is 1.39. The van der Waals surface area contributed by atoms with Crippen LogP contribution in [0.4, 0.5) is 5.82 Å². The Hall–Kier alpha value is -1.20. The van der Waals surface area contributed by atoms with E-state index in [0.29, 0.717) is 19.6 Å². The molecule has 0 radical (unpaired) electrons. The van der Waals surface area contributed by atoms with E-state index in [-0.39, 0.29) is 0 Å².